The number of halogens is 3. The summed E-state index contributed by atoms with van der Waals surface area (Å²) in [4.78, 5) is 25.3. The number of rotatable bonds is 5. The van der Waals surface area contributed by atoms with Crippen molar-refractivity contribution >= 4 is 5.91 Å². The number of hydrogen-bond acceptors (Lipinski definition) is 2. The number of pyridine rings is 1. The molecule has 29 heavy (non-hydrogen) atoms. The molecule has 7 heteroatoms. The molecule has 0 fully saturated rings. The maximum absolute atomic E-state index is 13.0. The first-order chi connectivity index (χ1) is 13.8. The Balaban J connectivity index is 1.85. The fourth-order valence-electron chi connectivity index (χ4n) is 3.01. The molecule has 0 unspecified atom stereocenters. The fourth-order valence-corrected chi connectivity index (χ4v) is 3.01. The van der Waals surface area contributed by atoms with Crippen molar-refractivity contribution in [1.29, 1.82) is 0 Å². The monoisotopic (exact) mass is 400 g/mol. The quantitative estimate of drug-likeness (QED) is 0.700. The van der Waals surface area contributed by atoms with Gasteiger partial charge in [-0.15, -0.1) is 0 Å². The third kappa shape index (κ3) is 4.74. The third-order valence-corrected chi connectivity index (χ3v) is 4.50. The van der Waals surface area contributed by atoms with Crippen LogP contribution in [0, 0.1) is 6.92 Å². The van der Waals surface area contributed by atoms with Crippen LogP contribution in [0.5, 0.6) is 0 Å². The number of alkyl halides is 3. The number of carbonyl (C=O) groups is 1. The SMILES string of the molecule is Cc1ccc(C(=O)NCCc2ccccc2)c(=O)n1-c1cccc(C(F)(F)F)c1. The van der Waals surface area contributed by atoms with E-state index in [1.807, 2.05) is 30.3 Å². The van der Waals surface area contributed by atoms with E-state index in [9.17, 15) is 22.8 Å². The molecule has 1 amide bonds. The molecule has 0 bridgehead atoms. The molecule has 0 saturated carbocycles. The van der Waals surface area contributed by atoms with Gasteiger partial charge in [0.05, 0.1) is 5.56 Å². The van der Waals surface area contributed by atoms with Crippen LogP contribution in [0.3, 0.4) is 0 Å². The van der Waals surface area contributed by atoms with Gasteiger partial charge < -0.3 is 5.32 Å². The molecule has 3 rings (SSSR count). The van der Waals surface area contributed by atoms with Gasteiger partial charge in [-0.25, -0.2) is 0 Å². The van der Waals surface area contributed by atoms with Crippen molar-refractivity contribution in [2.75, 3.05) is 6.54 Å². The van der Waals surface area contributed by atoms with E-state index in [1.54, 1.807) is 6.92 Å². The first kappa shape index (κ1) is 20.4. The second-order valence-electron chi connectivity index (χ2n) is 6.57. The molecular weight excluding hydrogens is 381 g/mol. The highest BCUT2D eigenvalue weighted by atomic mass is 19.4. The number of carbonyl (C=O) groups excluding carboxylic acids is 1. The molecule has 0 spiro atoms. The average Bonchev–Trinajstić information content (AvgIpc) is 2.68. The van der Waals surface area contributed by atoms with Gasteiger partial charge in [0, 0.05) is 17.9 Å². The van der Waals surface area contributed by atoms with Gasteiger partial charge in [-0.2, -0.15) is 13.2 Å². The summed E-state index contributed by atoms with van der Waals surface area (Å²) in [6.07, 6.45) is -3.93. The lowest BCUT2D eigenvalue weighted by Crippen LogP contribution is -2.34. The van der Waals surface area contributed by atoms with Gasteiger partial charge in [0.15, 0.2) is 0 Å². The second-order valence-corrected chi connectivity index (χ2v) is 6.57. The Morgan fingerprint density at radius 2 is 1.72 bits per heavy atom. The molecule has 2 aromatic carbocycles. The molecule has 3 aromatic rings. The molecule has 0 aliphatic carbocycles. The van der Waals surface area contributed by atoms with Crippen LogP contribution in [-0.4, -0.2) is 17.0 Å². The maximum Gasteiger partial charge on any atom is 0.416 e. The van der Waals surface area contributed by atoms with Crippen LogP contribution in [0.4, 0.5) is 13.2 Å². The summed E-state index contributed by atoms with van der Waals surface area (Å²) in [5, 5.41) is 2.69. The van der Waals surface area contributed by atoms with Crippen molar-refractivity contribution in [3.63, 3.8) is 0 Å². The number of aryl methyl sites for hydroxylation is 1. The molecule has 1 N–H and O–H groups in total. The number of hydrogen-bond donors (Lipinski definition) is 1. The van der Waals surface area contributed by atoms with Gasteiger partial charge in [-0.3, -0.25) is 14.2 Å². The summed E-state index contributed by atoms with van der Waals surface area (Å²) < 4.78 is 40.2. The van der Waals surface area contributed by atoms with E-state index < -0.39 is 23.2 Å². The van der Waals surface area contributed by atoms with Crippen molar-refractivity contribution in [1.82, 2.24) is 9.88 Å². The van der Waals surface area contributed by atoms with Crippen molar-refractivity contribution in [2.45, 2.75) is 19.5 Å². The predicted molar refractivity (Wildman–Crippen MR) is 104 cm³/mol. The molecule has 0 saturated heterocycles. The van der Waals surface area contributed by atoms with Crippen LogP contribution >= 0.6 is 0 Å². The van der Waals surface area contributed by atoms with E-state index in [2.05, 4.69) is 5.32 Å². The van der Waals surface area contributed by atoms with Gasteiger partial charge in [0.25, 0.3) is 11.5 Å². The van der Waals surface area contributed by atoms with Crippen molar-refractivity contribution in [3.05, 3.63) is 99.5 Å². The third-order valence-electron chi connectivity index (χ3n) is 4.50. The number of benzene rings is 2. The Labute approximate surface area is 165 Å². The number of aromatic nitrogens is 1. The summed E-state index contributed by atoms with van der Waals surface area (Å²) in [6.45, 7) is 1.93. The van der Waals surface area contributed by atoms with Gasteiger partial charge in [0.2, 0.25) is 0 Å². The molecule has 0 radical (unpaired) electrons. The van der Waals surface area contributed by atoms with Crippen molar-refractivity contribution in [2.24, 2.45) is 0 Å². The van der Waals surface area contributed by atoms with Crippen LogP contribution < -0.4 is 10.9 Å². The molecule has 1 aromatic heterocycles. The average molecular weight is 400 g/mol. The largest absolute Gasteiger partial charge is 0.416 e. The molecule has 0 aliphatic heterocycles. The van der Waals surface area contributed by atoms with E-state index in [1.165, 1.54) is 24.3 Å². The van der Waals surface area contributed by atoms with Crippen molar-refractivity contribution < 1.29 is 18.0 Å². The number of amides is 1. The molecular formula is C22H19F3N2O2. The smallest absolute Gasteiger partial charge is 0.352 e. The predicted octanol–water partition coefficient (Wildman–Crippen LogP) is 4.14. The van der Waals surface area contributed by atoms with Gasteiger partial charge in [0.1, 0.15) is 5.56 Å². The Bertz CT molecular complexity index is 1070. The standard InChI is InChI=1S/C22H19F3N2O2/c1-15-10-11-19(20(28)26-13-12-16-6-3-2-4-7-16)21(29)27(15)18-9-5-8-17(14-18)22(23,24)25/h2-11,14H,12-13H2,1H3,(H,26,28). The minimum atomic E-state index is -4.53. The summed E-state index contributed by atoms with van der Waals surface area (Å²) >= 11 is 0. The lowest BCUT2D eigenvalue weighted by atomic mass is 10.1. The maximum atomic E-state index is 13.0. The van der Waals surface area contributed by atoms with Gasteiger partial charge in [-0.1, -0.05) is 36.4 Å². The summed E-state index contributed by atoms with van der Waals surface area (Å²) in [5.74, 6) is -0.563. The highest BCUT2D eigenvalue weighted by Crippen LogP contribution is 2.30. The Morgan fingerprint density at radius 1 is 1.00 bits per heavy atom. The zero-order valence-electron chi connectivity index (χ0n) is 15.7. The molecule has 0 atom stereocenters. The van der Waals surface area contributed by atoms with E-state index in [0.717, 1.165) is 22.3 Å². The lowest BCUT2D eigenvalue weighted by molar-refractivity contribution is -0.137. The van der Waals surface area contributed by atoms with Crippen LogP contribution in [0.25, 0.3) is 5.69 Å². The summed E-state index contributed by atoms with van der Waals surface area (Å²) in [6, 6.07) is 16.9. The van der Waals surface area contributed by atoms with Crippen LogP contribution in [0.1, 0.15) is 27.2 Å². The summed E-state index contributed by atoms with van der Waals surface area (Å²) in [7, 11) is 0. The summed E-state index contributed by atoms with van der Waals surface area (Å²) in [5.41, 5.74) is -0.129. The van der Waals surface area contributed by atoms with Gasteiger partial charge >= 0.3 is 6.18 Å². The second kappa shape index (κ2) is 8.34. The van der Waals surface area contributed by atoms with Crippen LogP contribution in [0.2, 0.25) is 0 Å². The van der Waals surface area contributed by atoms with E-state index in [4.69, 9.17) is 0 Å². The Hall–Kier alpha value is -3.35. The minimum Gasteiger partial charge on any atom is -0.352 e. The molecule has 150 valence electrons. The van der Waals surface area contributed by atoms with Gasteiger partial charge in [-0.05, 0) is 49.2 Å². The number of nitrogens with one attached hydrogen (secondary N) is 1. The molecule has 0 aliphatic rings. The zero-order valence-corrected chi connectivity index (χ0v) is 15.7. The highest BCUT2D eigenvalue weighted by molar-refractivity contribution is 5.93. The minimum absolute atomic E-state index is 0.0567. The topological polar surface area (TPSA) is 51.1 Å². The van der Waals surface area contributed by atoms with E-state index >= 15 is 0 Å². The van der Waals surface area contributed by atoms with E-state index in [0.29, 0.717) is 18.7 Å². The zero-order chi connectivity index (χ0) is 21.0. The molecule has 4 nitrogen and oxygen atoms in total. The Morgan fingerprint density at radius 3 is 2.41 bits per heavy atom. The van der Waals surface area contributed by atoms with Crippen LogP contribution in [-0.2, 0) is 12.6 Å². The van der Waals surface area contributed by atoms with Crippen molar-refractivity contribution in [3.8, 4) is 5.69 Å². The Kier molecular flexibility index (Phi) is 5.87. The first-order valence-corrected chi connectivity index (χ1v) is 9.00. The molecule has 1 heterocycles. The number of nitrogens with zero attached hydrogens (tertiary/aromatic N) is 1. The fraction of sp³-hybridized carbons (Fsp3) is 0.182. The van der Waals surface area contributed by atoms with Crippen LogP contribution in [0.15, 0.2) is 71.5 Å². The first-order valence-electron chi connectivity index (χ1n) is 9.00. The highest BCUT2D eigenvalue weighted by Gasteiger charge is 2.30. The lowest BCUT2D eigenvalue weighted by Gasteiger charge is -2.14. The normalized spacial score (nSPS) is 11.3. The van der Waals surface area contributed by atoms with E-state index in [-0.39, 0.29) is 11.3 Å².